The number of hydrogen-bond donors (Lipinski definition) is 1. The summed E-state index contributed by atoms with van der Waals surface area (Å²) in [5, 5.41) is 10.9. The lowest BCUT2D eigenvalue weighted by Gasteiger charge is -2.35. The van der Waals surface area contributed by atoms with Gasteiger partial charge in [0.05, 0.1) is 5.56 Å². The van der Waals surface area contributed by atoms with Gasteiger partial charge < -0.3 is 19.5 Å². The van der Waals surface area contributed by atoms with Crippen LogP contribution in [0.15, 0.2) is 22.7 Å². The van der Waals surface area contributed by atoms with Gasteiger partial charge in [-0.15, -0.1) is 10.2 Å². The van der Waals surface area contributed by atoms with Crippen LogP contribution in [0.4, 0.5) is 10.6 Å². The highest BCUT2D eigenvalue weighted by atomic mass is 16.4. The molecule has 0 bridgehead atoms. The lowest BCUT2D eigenvalue weighted by molar-refractivity contribution is 0.196. The van der Waals surface area contributed by atoms with Gasteiger partial charge in [0.25, 0.3) is 5.89 Å². The average molecular weight is 330 g/mol. The summed E-state index contributed by atoms with van der Waals surface area (Å²) in [6.07, 6.45) is 1.75. The Morgan fingerprint density at radius 3 is 2.62 bits per heavy atom. The van der Waals surface area contributed by atoms with Crippen LogP contribution in [-0.4, -0.2) is 59.3 Å². The van der Waals surface area contributed by atoms with Crippen molar-refractivity contribution < 1.29 is 9.21 Å². The number of piperazine rings is 1. The third kappa shape index (κ3) is 3.17. The summed E-state index contributed by atoms with van der Waals surface area (Å²) >= 11 is 0. The molecular weight excluding hydrogens is 308 g/mol. The fourth-order valence-corrected chi connectivity index (χ4v) is 2.67. The molecule has 2 amide bonds. The highest BCUT2D eigenvalue weighted by Crippen LogP contribution is 2.29. The third-order valence-corrected chi connectivity index (χ3v) is 4.03. The van der Waals surface area contributed by atoms with E-state index in [4.69, 9.17) is 4.42 Å². The van der Waals surface area contributed by atoms with Crippen molar-refractivity contribution in [3.8, 4) is 11.5 Å². The summed E-state index contributed by atoms with van der Waals surface area (Å²) in [6.45, 7) is 6.75. The van der Waals surface area contributed by atoms with Gasteiger partial charge in [0.15, 0.2) is 0 Å². The zero-order valence-electron chi connectivity index (χ0n) is 14.2. The van der Waals surface area contributed by atoms with Crippen LogP contribution < -0.4 is 10.2 Å². The summed E-state index contributed by atoms with van der Waals surface area (Å²) in [7, 11) is 1.65. The van der Waals surface area contributed by atoms with Gasteiger partial charge in [-0.3, -0.25) is 0 Å². The highest BCUT2D eigenvalue weighted by molar-refractivity contribution is 5.74. The Bertz CT molecular complexity index is 706. The fourth-order valence-electron chi connectivity index (χ4n) is 2.67. The molecule has 0 atom stereocenters. The lowest BCUT2D eigenvalue weighted by Crippen LogP contribution is -2.51. The number of hydrogen-bond acceptors (Lipinski definition) is 6. The molecule has 0 aromatic carbocycles. The molecule has 8 heteroatoms. The predicted octanol–water partition coefficient (Wildman–Crippen LogP) is 1.72. The van der Waals surface area contributed by atoms with E-state index in [0.29, 0.717) is 38.0 Å². The zero-order chi connectivity index (χ0) is 17.1. The quantitative estimate of drug-likeness (QED) is 0.922. The first kappa shape index (κ1) is 16.2. The molecule has 3 rings (SSSR count). The summed E-state index contributed by atoms with van der Waals surface area (Å²) in [4.78, 5) is 20.2. The first-order valence-corrected chi connectivity index (χ1v) is 8.10. The fraction of sp³-hybridized carbons (Fsp3) is 0.500. The molecule has 8 nitrogen and oxygen atoms in total. The predicted molar refractivity (Wildman–Crippen MR) is 89.9 cm³/mol. The van der Waals surface area contributed by atoms with Crippen molar-refractivity contribution in [3.63, 3.8) is 0 Å². The van der Waals surface area contributed by atoms with Crippen molar-refractivity contribution in [3.05, 3.63) is 24.2 Å². The molecule has 1 N–H and O–H groups in total. The standard InChI is InChI=1S/C16H22N6O2/c1-11(2)14-19-20-15(24-14)12-5-4-6-18-13(12)21-7-9-22(10-8-21)16(23)17-3/h4-6,11H,7-10H2,1-3H3,(H,17,23). The van der Waals surface area contributed by atoms with Gasteiger partial charge in [0, 0.05) is 45.3 Å². The normalized spacial score (nSPS) is 15.0. The highest BCUT2D eigenvalue weighted by Gasteiger charge is 2.24. The van der Waals surface area contributed by atoms with E-state index in [1.54, 1.807) is 18.1 Å². The monoisotopic (exact) mass is 330 g/mol. The van der Waals surface area contributed by atoms with Gasteiger partial charge >= 0.3 is 6.03 Å². The smallest absolute Gasteiger partial charge is 0.317 e. The Morgan fingerprint density at radius 1 is 1.25 bits per heavy atom. The Labute approximate surface area is 140 Å². The topological polar surface area (TPSA) is 87.4 Å². The Morgan fingerprint density at radius 2 is 2.00 bits per heavy atom. The number of nitrogens with zero attached hydrogens (tertiary/aromatic N) is 5. The van der Waals surface area contributed by atoms with Crippen LogP contribution in [0.1, 0.15) is 25.7 Å². The Kier molecular flexibility index (Phi) is 4.64. The van der Waals surface area contributed by atoms with Gasteiger partial charge in [-0.05, 0) is 12.1 Å². The first-order valence-electron chi connectivity index (χ1n) is 8.10. The minimum atomic E-state index is -0.0469. The molecule has 1 saturated heterocycles. The van der Waals surface area contributed by atoms with Crippen molar-refractivity contribution in [2.45, 2.75) is 19.8 Å². The number of carbonyl (C=O) groups excluding carboxylic acids is 1. The molecule has 0 unspecified atom stereocenters. The lowest BCUT2D eigenvalue weighted by atomic mass is 10.2. The van der Waals surface area contributed by atoms with Gasteiger partial charge in [0.2, 0.25) is 5.89 Å². The van der Waals surface area contributed by atoms with E-state index in [2.05, 4.69) is 25.4 Å². The molecular formula is C16H22N6O2. The second kappa shape index (κ2) is 6.86. The number of amides is 2. The number of aromatic nitrogens is 3. The average Bonchev–Trinajstić information content (AvgIpc) is 3.11. The molecule has 2 aromatic heterocycles. The van der Waals surface area contributed by atoms with Gasteiger partial charge in [-0.25, -0.2) is 9.78 Å². The van der Waals surface area contributed by atoms with Crippen LogP contribution in [0.2, 0.25) is 0 Å². The second-order valence-corrected chi connectivity index (χ2v) is 6.00. The SMILES string of the molecule is CNC(=O)N1CCN(c2ncccc2-c2nnc(C(C)C)o2)CC1. The molecule has 2 aromatic rings. The van der Waals surface area contributed by atoms with Crippen molar-refractivity contribution >= 4 is 11.8 Å². The molecule has 128 valence electrons. The minimum Gasteiger partial charge on any atom is -0.420 e. The van der Waals surface area contributed by atoms with E-state index < -0.39 is 0 Å². The van der Waals surface area contributed by atoms with Crippen LogP contribution in [0.3, 0.4) is 0 Å². The zero-order valence-corrected chi connectivity index (χ0v) is 14.2. The maximum Gasteiger partial charge on any atom is 0.317 e. The number of pyridine rings is 1. The van der Waals surface area contributed by atoms with E-state index >= 15 is 0 Å². The first-order chi connectivity index (χ1) is 11.6. The maximum atomic E-state index is 11.7. The van der Waals surface area contributed by atoms with E-state index in [1.807, 2.05) is 26.0 Å². The molecule has 1 aliphatic heterocycles. The Hall–Kier alpha value is -2.64. The third-order valence-electron chi connectivity index (χ3n) is 4.03. The largest absolute Gasteiger partial charge is 0.420 e. The molecule has 3 heterocycles. The molecule has 0 aliphatic carbocycles. The number of rotatable bonds is 3. The molecule has 0 saturated carbocycles. The number of carbonyl (C=O) groups is 1. The van der Waals surface area contributed by atoms with Crippen LogP contribution in [-0.2, 0) is 0 Å². The van der Waals surface area contributed by atoms with E-state index in [-0.39, 0.29) is 11.9 Å². The van der Waals surface area contributed by atoms with E-state index in [9.17, 15) is 4.79 Å². The Balaban J connectivity index is 1.81. The summed E-state index contributed by atoms with van der Waals surface area (Å²) < 4.78 is 5.78. The van der Waals surface area contributed by atoms with E-state index in [0.717, 1.165) is 11.4 Å². The van der Waals surface area contributed by atoms with Gasteiger partial charge in [-0.1, -0.05) is 13.8 Å². The second-order valence-electron chi connectivity index (χ2n) is 6.00. The summed E-state index contributed by atoms with van der Waals surface area (Å²) in [6, 6.07) is 3.75. The van der Waals surface area contributed by atoms with Crippen LogP contribution in [0.25, 0.3) is 11.5 Å². The van der Waals surface area contributed by atoms with Gasteiger partial charge in [0.1, 0.15) is 5.82 Å². The summed E-state index contributed by atoms with van der Waals surface area (Å²) in [5.41, 5.74) is 0.824. The number of anilines is 1. The molecule has 1 fully saturated rings. The minimum absolute atomic E-state index is 0.0469. The van der Waals surface area contributed by atoms with Crippen molar-refractivity contribution in [1.29, 1.82) is 0 Å². The number of urea groups is 1. The molecule has 0 radical (unpaired) electrons. The van der Waals surface area contributed by atoms with Gasteiger partial charge in [-0.2, -0.15) is 0 Å². The number of nitrogens with one attached hydrogen (secondary N) is 1. The van der Waals surface area contributed by atoms with Crippen molar-refractivity contribution in [2.24, 2.45) is 0 Å². The molecule has 1 aliphatic rings. The van der Waals surface area contributed by atoms with E-state index in [1.165, 1.54) is 0 Å². The molecule has 24 heavy (non-hydrogen) atoms. The summed E-state index contributed by atoms with van der Waals surface area (Å²) in [5.74, 6) is 2.09. The van der Waals surface area contributed by atoms with Crippen molar-refractivity contribution in [1.82, 2.24) is 25.4 Å². The van der Waals surface area contributed by atoms with Crippen LogP contribution in [0, 0.1) is 0 Å². The van der Waals surface area contributed by atoms with Crippen LogP contribution >= 0.6 is 0 Å². The van der Waals surface area contributed by atoms with Crippen LogP contribution in [0.5, 0.6) is 0 Å². The van der Waals surface area contributed by atoms with Crippen molar-refractivity contribution in [2.75, 3.05) is 38.1 Å². The molecule has 0 spiro atoms. The maximum absolute atomic E-state index is 11.7.